The SMILES string of the molecule is NC(=O)CCC(NC(=O)C(N)CS)C(=O)NC(Cc1c[nH]c2ccccc12)C(=O)N1CCCC1C(=O)O. The van der Waals surface area contributed by atoms with Crippen LogP contribution in [0, 0.1) is 0 Å². The first-order chi connectivity index (χ1) is 17.6. The minimum absolute atomic E-state index is 0.0310. The number of nitrogens with one attached hydrogen (secondary N) is 3. The van der Waals surface area contributed by atoms with E-state index in [0.29, 0.717) is 12.8 Å². The van der Waals surface area contributed by atoms with Gasteiger partial charge >= 0.3 is 5.97 Å². The second-order valence-electron chi connectivity index (χ2n) is 9.01. The molecule has 12 nitrogen and oxygen atoms in total. The molecular weight excluding hydrogens is 500 g/mol. The standard InChI is InChI=1S/C24H32N6O6S/c25-15(12-37)21(32)28-17(7-8-20(26)31)22(33)29-18(23(34)30-9-3-6-19(30)24(35)36)10-13-11-27-16-5-2-1-4-14(13)16/h1-2,4-5,11,15,17-19,27,37H,3,6-10,12,25H2,(H2,26,31)(H,28,32)(H,29,33)(H,35,36). The number of hydrogen-bond acceptors (Lipinski definition) is 7. The first-order valence-electron chi connectivity index (χ1n) is 12.0. The highest BCUT2D eigenvalue weighted by Gasteiger charge is 2.38. The van der Waals surface area contributed by atoms with Crippen LogP contribution in [0.3, 0.4) is 0 Å². The molecule has 2 heterocycles. The first kappa shape index (κ1) is 28.0. The molecule has 2 aromatic rings. The number of H-pyrrole nitrogens is 1. The van der Waals surface area contributed by atoms with Crippen molar-refractivity contribution < 1.29 is 29.1 Å². The van der Waals surface area contributed by atoms with E-state index in [1.165, 1.54) is 4.90 Å². The normalized spacial score (nSPS) is 17.7. The number of aromatic nitrogens is 1. The van der Waals surface area contributed by atoms with Gasteiger partial charge in [0.15, 0.2) is 0 Å². The number of likely N-dealkylation sites (tertiary alicyclic amines) is 1. The van der Waals surface area contributed by atoms with Crippen LogP contribution in [0.2, 0.25) is 0 Å². The summed E-state index contributed by atoms with van der Waals surface area (Å²) in [6.45, 7) is 0.245. The maximum Gasteiger partial charge on any atom is 0.326 e. The average molecular weight is 533 g/mol. The Morgan fingerprint density at radius 1 is 1.14 bits per heavy atom. The number of carbonyl (C=O) groups excluding carboxylic acids is 4. The lowest BCUT2D eigenvalue weighted by molar-refractivity contribution is -0.149. The Morgan fingerprint density at radius 2 is 1.84 bits per heavy atom. The molecule has 1 aromatic heterocycles. The Balaban J connectivity index is 1.88. The number of rotatable bonds is 12. The lowest BCUT2D eigenvalue weighted by Crippen LogP contribution is -2.58. The van der Waals surface area contributed by atoms with Crippen molar-refractivity contribution in [3.63, 3.8) is 0 Å². The molecule has 1 aliphatic rings. The van der Waals surface area contributed by atoms with E-state index < -0.39 is 53.8 Å². The van der Waals surface area contributed by atoms with Crippen LogP contribution in [0.1, 0.15) is 31.2 Å². The van der Waals surface area contributed by atoms with Gasteiger partial charge in [0.2, 0.25) is 23.6 Å². The first-order valence-corrected chi connectivity index (χ1v) is 12.6. The number of fused-ring (bicyclic) bond motifs is 1. The fourth-order valence-corrected chi connectivity index (χ4v) is 4.56. The third-order valence-corrected chi connectivity index (χ3v) is 6.77. The summed E-state index contributed by atoms with van der Waals surface area (Å²) in [5.74, 6) is -3.66. The molecule has 4 amide bonds. The molecule has 1 fully saturated rings. The Bertz CT molecular complexity index is 1170. The summed E-state index contributed by atoms with van der Waals surface area (Å²) in [6, 6.07) is 3.14. The summed E-state index contributed by atoms with van der Waals surface area (Å²) in [5, 5.41) is 15.6. The summed E-state index contributed by atoms with van der Waals surface area (Å²) in [6.07, 6.45) is 2.34. The number of para-hydroxylation sites is 1. The van der Waals surface area contributed by atoms with E-state index in [0.717, 1.165) is 16.5 Å². The van der Waals surface area contributed by atoms with Gasteiger partial charge < -0.3 is 37.1 Å². The van der Waals surface area contributed by atoms with Crippen molar-refractivity contribution >= 4 is 53.1 Å². The van der Waals surface area contributed by atoms with E-state index in [1.807, 2.05) is 24.3 Å². The molecular formula is C24H32N6O6S. The topological polar surface area (TPSA) is 201 Å². The van der Waals surface area contributed by atoms with E-state index in [4.69, 9.17) is 11.5 Å². The monoisotopic (exact) mass is 532 g/mol. The number of carbonyl (C=O) groups is 5. The van der Waals surface area contributed by atoms with Crippen LogP contribution in [0.5, 0.6) is 0 Å². The van der Waals surface area contributed by atoms with Gasteiger partial charge in [0.1, 0.15) is 18.1 Å². The van der Waals surface area contributed by atoms with E-state index in [-0.39, 0.29) is 31.6 Å². The number of nitrogens with zero attached hydrogens (tertiary/aromatic N) is 1. The van der Waals surface area contributed by atoms with Gasteiger partial charge in [-0.1, -0.05) is 18.2 Å². The number of nitrogens with two attached hydrogens (primary N) is 2. The molecule has 0 aliphatic carbocycles. The molecule has 37 heavy (non-hydrogen) atoms. The average Bonchev–Trinajstić information content (AvgIpc) is 3.52. The van der Waals surface area contributed by atoms with Crippen LogP contribution in [0.4, 0.5) is 0 Å². The molecule has 0 bridgehead atoms. The number of hydrogen-bond donors (Lipinski definition) is 7. The second kappa shape index (κ2) is 12.6. The van der Waals surface area contributed by atoms with Gasteiger partial charge in [-0.3, -0.25) is 19.2 Å². The minimum atomic E-state index is -1.20. The Kier molecular flexibility index (Phi) is 9.53. The van der Waals surface area contributed by atoms with E-state index in [2.05, 4.69) is 28.2 Å². The van der Waals surface area contributed by atoms with Crippen molar-refractivity contribution in [1.82, 2.24) is 20.5 Å². The Hall–Kier alpha value is -3.58. The van der Waals surface area contributed by atoms with Gasteiger partial charge in [-0.25, -0.2) is 4.79 Å². The lowest BCUT2D eigenvalue weighted by atomic mass is 10.0. The van der Waals surface area contributed by atoms with Crippen LogP contribution in [0.15, 0.2) is 30.5 Å². The fraction of sp³-hybridized carbons (Fsp3) is 0.458. The van der Waals surface area contributed by atoms with Crippen LogP contribution >= 0.6 is 12.6 Å². The predicted octanol–water partition coefficient (Wildman–Crippen LogP) is -0.722. The number of benzene rings is 1. The number of primary amides is 1. The minimum Gasteiger partial charge on any atom is -0.480 e. The smallest absolute Gasteiger partial charge is 0.326 e. The second-order valence-corrected chi connectivity index (χ2v) is 9.37. The van der Waals surface area contributed by atoms with Crippen LogP contribution in [-0.4, -0.2) is 81.1 Å². The summed E-state index contributed by atoms with van der Waals surface area (Å²) >= 11 is 3.99. The number of carboxylic acids is 1. The van der Waals surface area contributed by atoms with Crippen molar-refractivity contribution in [1.29, 1.82) is 0 Å². The number of amides is 4. The van der Waals surface area contributed by atoms with Gasteiger partial charge in [0, 0.05) is 42.2 Å². The maximum atomic E-state index is 13.6. The molecule has 0 saturated carbocycles. The van der Waals surface area contributed by atoms with E-state index in [1.54, 1.807) is 6.20 Å². The van der Waals surface area contributed by atoms with E-state index >= 15 is 0 Å². The largest absolute Gasteiger partial charge is 0.480 e. The third kappa shape index (κ3) is 7.01. The number of carboxylic acid groups (broad SMARTS) is 1. The van der Waals surface area contributed by atoms with Crippen LogP contribution in [-0.2, 0) is 30.4 Å². The molecule has 8 N–H and O–H groups in total. The van der Waals surface area contributed by atoms with Crippen LogP contribution < -0.4 is 22.1 Å². The Morgan fingerprint density at radius 3 is 2.51 bits per heavy atom. The summed E-state index contributed by atoms with van der Waals surface area (Å²) in [4.78, 5) is 66.7. The zero-order valence-corrected chi connectivity index (χ0v) is 21.1. The fourth-order valence-electron chi connectivity index (χ4n) is 4.40. The van der Waals surface area contributed by atoms with Crippen molar-refractivity contribution in [3.05, 3.63) is 36.0 Å². The molecule has 0 spiro atoms. The predicted molar refractivity (Wildman–Crippen MR) is 138 cm³/mol. The van der Waals surface area contributed by atoms with Crippen molar-refractivity contribution in [2.75, 3.05) is 12.3 Å². The molecule has 1 aromatic carbocycles. The van der Waals surface area contributed by atoms with Gasteiger partial charge in [-0.2, -0.15) is 12.6 Å². The van der Waals surface area contributed by atoms with Crippen molar-refractivity contribution in [2.45, 2.75) is 56.3 Å². The van der Waals surface area contributed by atoms with Gasteiger partial charge in [0.05, 0.1) is 6.04 Å². The molecule has 3 rings (SSSR count). The zero-order valence-electron chi connectivity index (χ0n) is 20.2. The summed E-state index contributed by atoms with van der Waals surface area (Å²) < 4.78 is 0. The molecule has 1 saturated heterocycles. The third-order valence-electron chi connectivity index (χ3n) is 6.38. The zero-order chi connectivity index (χ0) is 27.1. The van der Waals surface area contributed by atoms with Gasteiger partial charge in [-0.05, 0) is 30.9 Å². The Labute approximate surface area is 218 Å². The quantitative estimate of drug-likeness (QED) is 0.175. The molecule has 4 unspecified atom stereocenters. The highest BCUT2D eigenvalue weighted by molar-refractivity contribution is 7.80. The highest BCUT2D eigenvalue weighted by atomic mass is 32.1. The number of thiol groups is 1. The molecule has 200 valence electrons. The van der Waals surface area contributed by atoms with Gasteiger partial charge in [0.25, 0.3) is 0 Å². The highest BCUT2D eigenvalue weighted by Crippen LogP contribution is 2.23. The number of aliphatic carboxylic acids is 1. The van der Waals surface area contributed by atoms with Gasteiger partial charge in [-0.15, -0.1) is 0 Å². The van der Waals surface area contributed by atoms with Crippen LogP contribution in [0.25, 0.3) is 10.9 Å². The maximum absolute atomic E-state index is 13.6. The number of aromatic amines is 1. The summed E-state index contributed by atoms with van der Waals surface area (Å²) in [7, 11) is 0. The lowest BCUT2D eigenvalue weighted by Gasteiger charge is -2.29. The van der Waals surface area contributed by atoms with E-state index in [9.17, 15) is 29.1 Å². The molecule has 0 radical (unpaired) electrons. The summed E-state index contributed by atoms with van der Waals surface area (Å²) in [5.41, 5.74) is 12.5. The molecule has 4 atom stereocenters. The molecule has 1 aliphatic heterocycles. The van der Waals surface area contributed by atoms with Crippen molar-refractivity contribution in [2.24, 2.45) is 11.5 Å². The molecule has 13 heteroatoms. The van der Waals surface area contributed by atoms with Crippen molar-refractivity contribution in [3.8, 4) is 0 Å².